The van der Waals surface area contributed by atoms with Gasteiger partial charge in [0.05, 0.1) is 16.8 Å². The van der Waals surface area contributed by atoms with Gasteiger partial charge in [0.15, 0.2) is 6.61 Å². The van der Waals surface area contributed by atoms with Crippen LogP contribution >= 0.6 is 11.3 Å². The fourth-order valence-corrected chi connectivity index (χ4v) is 6.37. The highest BCUT2D eigenvalue weighted by Crippen LogP contribution is 2.43. The van der Waals surface area contributed by atoms with Crippen LogP contribution in [0.25, 0.3) is 0 Å². The third-order valence-electron chi connectivity index (χ3n) is 7.44. The Labute approximate surface area is 265 Å². The lowest BCUT2D eigenvalue weighted by atomic mass is 9.76. The zero-order chi connectivity index (χ0) is 30.9. The molecule has 0 amide bonds. The van der Waals surface area contributed by atoms with Crippen LogP contribution in [-0.2, 0) is 16.8 Å². The lowest BCUT2D eigenvalue weighted by Gasteiger charge is -2.37. The van der Waals surface area contributed by atoms with Gasteiger partial charge >= 0.3 is 4.87 Å². The van der Waals surface area contributed by atoms with Crippen LogP contribution in [0.2, 0.25) is 0 Å². The van der Waals surface area contributed by atoms with Crippen LogP contribution in [0, 0.1) is 0 Å². The van der Waals surface area contributed by atoms with Gasteiger partial charge in [-0.25, -0.2) is 0 Å². The summed E-state index contributed by atoms with van der Waals surface area (Å²) < 4.78 is 7.33. The van der Waals surface area contributed by atoms with E-state index in [-0.39, 0.29) is 17.4 Å². The van der Waals surface area contributed by atoms with Crippen LogP contribution in [0.3, 0.4) is 0 Å². The molecule has 0 radical (unpaired) electrons. The average Bonchev–Trinajstić information content (AvgIpc) is 3.38. The Kier molecular flexibility index (Phi) is 9.13. The molecule has 4 aromatic carbocycles. The number of benzene rings is 4. The van der Waals surface area contributed by atoms with Gasteiger partial charge in [0.1, 0.15) is 17.9 Å². The molecule has 0 unspecified atom stereocenters. The number of aromatic nitrogens is 2. The zero-order valence-corrected chi connectivity index (χ0v) is 25.2. The molecule has 45 heavy (non-hydrogen) atoms. The third kappa shape index (κ3) is 6.41. The second-order valence-corrected chi connectivity index (χ2v) is 11.3. The van der Waals surface area contributed by atoms with E-state index < -0.39 is 5.54 Å². The van der Waals surface area contributed by atoms with Crippen LogP contribution in [0.5, 0.6) is 11.6 Å². The highest BCUT2D eigenvalue weighted by molar-refractivity contribution is 7.09. The average molecular weight is 614 g/mol. The van der Waals surface area contributed by atoms with Crippen LogP contribution in [0.4, 0.5) is 0 Å². The molecule has 0 aliphatic rings. The molecule has 2 aromatic heterocycles. The number of nitrogens with zero attached hydrogens (tertiary/aromatic N) is 3. The third-order valence-corrected chi connectivity index (χ3v) is 8.37. The van der Waals surface area contributed by atoms with E-state index in [0.29, 0.717) is 29.3 Å². The molecule has 1 N–H and O–H groups in total. The number of oxime groups is 1. The fraction of sp³-hybridized carbons (Fsp3) is 0.108. The van der Waals surface area contributed by atoms with Gasteiger partial charge in [-0.1, -0.05) is 126 Å². The number of thiazole rings is 1. The molecule has 0 spiro atoms. The molecule has 0 saturated carbocycles. The van der Waals surface area contributed by atoms with Gasteiger partial charge in [0.2, 0.25) is 5.88 Å². The summed E-state index contributed by atoms with van der Waals surface area (Å²) in [4.78, 5) is 23.7. The van der Waals surface area contributed by atoms with Gasteiger partial charge in [-0.05, 0) is 46.5 Å². The van der Waals surface area contributed by atoms with Crippen molar-refractivity contribution in [2.24, 2.45) is 5.16 Å². The van der Waals surface area contributed by atoms with E-state index in [2.05, 4.69) is 10.1 Å². The molecule has 0 aliphatic heterocycles. The highest BCUT2D eigenvalue weighted by Gasteiger charge is 2.42. The first-order valence-corrected chi connectivity index (χ1v) is 15.4. The maximum absolute atomic E-state index is 13.9. The van der Waals surface area contributed by atoms with Gasteiger partial charge in [0, 0.05) is 12.6 Å². The van der Waals surface area contributed by atoms with Crippen molar-refractivity contribution in [1.29, 1.82) is 0 Å². The van der Waals surface area contributed by atoms with Gasteiger partial charge in [0.25, 0.3) is 0 Å². The van der Waals surface area contributed by atoms with E-state index in [1.54, 1.807) is 17.0 Å². The molecule has 7 nitrogen and oxygen atoms in total. The molecule has 0 saturated heterocycles. The first kappa shape index (κ1) is 29.6. The number of rotatable bonds is 12. The van der Waals surface area contributed by atoms with Crippen LogP contribution < -0.4 is 9.61 Å². The molecule has 0 bridgehead atoms. The zero-order valence-electron chi connectivity index (χ0n) is 24.4. The van der Waals surface area contributed by atoms with Gasteiger partial charge < -0.3 is 14.7 Å². The van der Waals surface area contributed by atoms with Crippen molar-refractivity contribution < 1.29 is 14.7 Å². The largest absolute Gasteiger partial charge is 0.494 e. The Morgan fingerprint density at radius 3 is 1.89 bits per heavy atom. The van der Waals surface area contributed by atoms with Crippen molar-refractivity contribution in [3.63, 3.8) is 0 Å². The molecule has 2 heterocycles. The Balaban J connectivity index is 1.24. The molecule has 6 rings (SSSR count). The van der Waals surface area contributed by atoms with E-state index in [9.17, 15) is 9.90 Å². The van der Waals surface area contributed by atoms with Crippen molar-refractivity contribution >= 4 is 17.6 Å². The highest BCUT2D eigenvalue weighted by atomic mass is 32.1. The lowest BCUT2D eigenvalue weighted by Crippen LogP contribution is -2.42. The summed E-state index contributed by atoms with van der Waals surface area (Å²) >= 11 is 1.06. The number of pyridine rings is 1. The molecule has 6 aromatic rings. The minimum Gasteiger partial charge on any atom is -0.494 e. The standard InChI is InChI=1S/C37H31N3O4S/c41-35-34(26-28-19-21-33(22-20-28)43-24-25-44-39-27-32-18-10-11-23-38-32)45-36(42)40(35)37(29-12-4-1-5-13-29,30-14-6-2-7-15-30)31-16-8-3-9-17-31/h1-23,27,41H,24-26H2. The first-order valence-electron chi connectivity index (χ1n) is 14.5. The number of ether oxygens (including phenoxy) is 1. The fourth-order valence-electron chi connectivity index (χ4n) is 5.43. The Morgan fingerprint density at radius 2 is 1.33 bits per heavy atom. The van der Waals surface area contributed by atoms with Crippen molar-refractivity contribution in [2.45, 2.75) is 12.0 Å². The number of hydrogen-bond acceptors (Lipinski definition) is 7. The normalized spacial score (nSPS) is 11.5. The van der Waals surface area contributed by atoms with Gasteiger partial charge in [-0.2, -0.15) is 0 Å². The summed E-state index contributed by atoms with van der Waals surface area (Å²) in [6.45, 7) is 0.608. The van der Waals surface area contributed by atoms with Crippen molar-refractivity contribution in [1.82, 2.24) is 9.55 Å². The number of hydrogen-bond donors (Lipinski definition) is 1. The van der Waals surface area contributed by atoms with E-state index in [1.807, 2.05) is 133 Å². The number of aromatic hydroxyl groups is 1. The summed E-state index contributed by atoms with van der Waals surface area (Å²) in [5.41, 5.74) is 3.19. The van der Waals surface area contributed by atoms with Crippen LogP contribution in [0.15, 0.2) is 150 Å². The Morgan fingerprint density at radius 1 is 0.756 bits per heavy atom. The topological polar surface area (TPSA) is 85.9 Å². The van der Waals surface area contributed by atoms with Crippen LogP contribution in [0.1, 0.15) is 32.8 Å². The van der Waals surface area contributed by atoms with Crippen molar-refractivity contribution in [3.05, 3.63) is 182 Å². The second kappa shape index (κ2) is 13.9. The predicted molar refractivity (Wildman–Crippen MR) is 177 cm³/mol. The Hall–Kier alpha value is -5.47. The summed E-state index contributed by atoms with van der Waals surface area (Å²) in [6.07, 6.45) is 3.63. The summed E-state index contributed by atoms with van der Waals surface area (Å²) in [5, 5.41) is 15.7. The minimum absolute atomic E-state index is 0.0507. The minimum atomic E-state index is -1.08. The SMILES string of the molecule is O=c1sc(Cc2ccc(OCCON=Cc3ccccn3)cc2)c(O)n1C(c1ccccc1)(c1ccccc1)c1ccccc1. The monoisotopic (exact) mass is 613 g/mol. The molecule has 8 heteroatoms. The maximum Gasteiger partial charge on any atom is 0.311 e. The van der Waals surface area contributed by atoms with Crippen molar-refractivity contribution in [3.8, 4) is 11.6 Å². The second-order valence-electron chi connectivity index (χ2n) is 10.3. The lowest BCUT2D eigenvalue weighted by molar-refractivity contribution is 0.108. The van der Waals surface area contributed by atoms with E-state index in [1.165, 1.54) is 0 Å². The van der Waals surface area contributed by atoms with E-state index >= 15 is 0 Å². The molecule has 0 atom stereocenters. The smallest absolute Gasteiger partial charge is 0.311 e. The molecular formula is C37H31N3O4S. The molecule has 0 aliphatic carbocycles. The Bertz CT molecular complexity index is 1790. The van der Waals surface area contributed by atoms with E-state index in [0.717, 1.165) is 33.6 Å². The molecule has 0 fully saturated rings. The van der Waals surface area contributed by atoms with E-state index in [4.69, 9.17) is 9.57 Å². The van der Waals surface area contributed by atoms with Gasteiger partial charge in [-0.3, -0.25) is 14.3 Å². The summed E-state index contributed by atoms with van der Waals surface area (Å²) in [6, 6.07) is 42.7. The predicted octanol–water partition coefficient (Wildman–Crippen LogP) is 6.87. The molecule has 224 valence electrons. The van der Waals surface area contributed by atoms with Crippen LogP contribution in [-0.4, -0.2) is 34.1 Å². The van der Waals surface area contributed by atoms with Crippen molar-refractivity contribution in [2.75, 3.05) is 13.2 Å². The summed E-state index contributed by atoms with van der Waals surface area (Å²) in [5.74, 6) is 0.632. The quantitative estimate of drug-likeness (QED) is 0.0705. The first-order chi connectivity index (χ1) is 22.2. The van der Waals surface area contributed by atoms with Gasteiger partial charge in [-0.15, -0.1) is 0 Å². The summed E-state index contributed by atoms with van der Waals surface area (Å²) in [7, 11) is 0. The maximum atomic E-state index is 13.9. The molecular weight excluding hydrogens is 582 g/mol.